The molecule has 3 rings (SSSR count). The summed E-state index contributed by atoms with van der Waals surface area (Å²) in [6.07, 6.45) is 2.95. The number of aliphatic hydroxyl groups is 1. The Bertz CT molecular complexity index is 765. The molecule has 1 fully saturated rings. The normalized spacial score (nSPS) is 23.4. The monoisotopic (exact) mass is 325 g/mol. The van der Waals surface area contributed by atoms with Gasteiger partial charge in [0.2, 0.25) is 0 Å². The highest BCUT2D eigenvalue weighted by Gasteiger charge is 2.35. The highest BCUT2D eigenvalue weighted by molar-refractivity contribution is 5.98. The first-order valence-corrected chi connectivity index (χ1v) is 7.89. The van der Waals surface area contributed by atoms with Gasteiger partial charge < -0.3 is 16.2 Å². The van der Waals surface area contributed by atoms with Gasteiger partial charge in [0, 0.05) is 11.9 Å². The zero-order valence-corrected chi connectivity index (χ0v) is 13.1. The van der Waals surface area contributed by atoms with E-state index in [4.69, 9.17) is 5.73 Å². The highest BCUT2D eigenvalue weighted by Crippen LogP contribution is 2.34. The summed E-state index contributed by atoms with van der Waals surface area (Å²) in [7, 11) is 0. The second-order valence-electron chi connectivity index (χ2n) is 5.95. The van der Waals surface area contributed by atoms with E-state index in [9.17, 15) is 15.2 Å². The van der Waals surface area contributed by atoms with Gasteiger partial charge in [-0.05, 0) is 31.4 Å². The fourth-order valence-electron chi connectivity index (χ4n) is 3.13. The van der Waals surface area contributed by atoms with E-state index in [2.05, 4.69) is 16.5 Å². The number of anilines is 2. The molecular weight excluding hydrogens is 306 g/mol. The van der Waals surface area contributed by atoms with E-state index < -0.39 is 18.1 Å². The number of aromatic nitrogens is 2. The average Bonchev–Trinajstić information content (AvgIpc) is 2.99. The summed E-state index contributed by atoms with van der Waals surface area (Å²) in [6, 6.07) is 11.0. The van der Waals surface area contributed by atoms with Gasteiger partial charge in [-0.3, -0.25) is 9.48 Å². The Morgan fingerprint density at radius 2 is 2.12 bits per heavy atom. The molecule has 0 radical (unpaired) electrons. The molecule has 0 aliphatic heterocycles. The van der Waals surface area contributed by atoms with Gasteiger partial charge >= 0.3 is 0 Å². The summed E-state index contributed by atoms with van der Waals surface area (Å²) in [6.45, 7) is 0. The van der Waals surface area contributed by atoms with Crippen molar-refractivity contribution in [3.63, 3.8) is 0 Å². The third-order valence-corrected chi connectivity index (χ3v) is 4.33. The lowest BCUT2D eigenvalue weighted by Gasteiger charge is -2.31. The molecule has 1 aromatic carbocycles. The van der Waals surface area contributed by atoms with E-state index in [1.54, 1.807) is 0 Å². The number of aliphatic hydroxyl groups excluding tert-OH is 1. The summed E-state index contributed by atoms with van der Waals surface area (Å²) in [5.41, 5.74) is 6.45. The number of carbonyl (C=O) groups excluding carboxylic acids is 1. The zero-order chi connectivity index (χ0) is 17.1. The zero-order valence-electron chi connectivity index (χ0n) is 13.1. The van der Waals surface area contributed by atoms with Crippen molar-refractivity contribution in [1.29, 1.82) is 5.26 Å². The van der Waals surface area contributed by atoms with Crippen molar-refractivity contribution in [1.82, 2.24) is 9.78 Å². The van der Waals surface area contributed by atoms with Gasteiger partial charge in [-0.2, -0.15) is 10.4 Å². The minimum atomic E-state index is -0.673. The molecule has 0 spiro atoms. The van der Waals surface area contributed by atoms with Crippen molar-refractivity contribution in [2.45, 2.75) is 31.4 Å². The van der Waals surface area contributed by atoms with Crippen LogP contribution in [0.1, 0.15) is 35.7 Å². The molecule has 7 nitrogen and oxygen atoms in total. The van der Waals surface area contributed by atoms with Crippen LogP contribution in [0.25, 0.3) is 0 Å². The Morgan fingerprint density at radius 1 is 1.38 bits per heavy atom. The molecule has 0 saturated heterocycles. The lowest BCUT2D eigenvalue weighted by Crippen LogP contribution is -2.34. The molecule has 0 bridgehead atoms. The van der Waals surface area contributed by atoms with Crippen LogP contribution in [0.15, 0.2) is 36.5 Å². The predicted octanol–water partition coefficient (Wildman–Crippen LogP) is 1.95. The van der Waals surface area contributed by atoms with Crippen molar-refractivity contribution in [3.05, 3.63) is 42.1 Å². The van der Waals surface area contributed by atoms with Gasteiger partial charge in [0.15, 0.2) is 5.82 Å². The molecule has 1 aliphatic carbocycles. The van der Waals surface area contributed by atoms with E-state index in [0.29, 0.717) is 18.7 Å². The Balaban J connectivity index is 1.96. The summed E-state index contributed by atoms with van der Waals surface area (Å²) in [5.74, 6) is -0.638. The maximum Gasteiger partial charge on any atom is 0.254 e. The number of nitriles is 1. The van der Waals surface area contributed by atoms with Crippen molar-refractivity contribution >= 4 is 17.4 Å². The molecule has 124 valence electrons. The smallest absolute Gasteiger partial charge is 0.254 e. The van der Waals surface area contributed by atoms with Crippen molar-refractivity contribution in [3.8, 4) is 6.07 Å². The van der Waals surface area contributed by atoms with Gasteiger partial charge in [-0.25, -0.2) is 0 Å². The van der Waals surface area contributed by atoms with Crippen LogP contribution in [0.4, 0.5) is 11.5 Å². The molecule has 3 atom stereocenters. The number of benzene rings is 1. The Hall–Kier alpha value is -2.85. The number of rotatable bonds is 4. The van der Waals surface area contributed by atoms with Crippen LogP contribution in [0, 0.1) is 17.2 Å². The van der Waals surface area contributed by atoms with Crippen LogP contribution < -0.4 is 11.1 Å². The third kappa shape index (κ3) is 3.09. The van der Waals surface area contributed by atoms with Gasteiger partial charge in [-0.1, -0.05) is 18.2 Å². The predicted molar refractivity (Wildman–Crippen MR) is 88.5 cm³/mol. The van der Waals surface area contributed by atoms with Gasteiger partial charge in [0.1, 0.15) is 5.56 Å². The molecule has 1 aromatic heterocycles. The number of amides is 1. The molecular formula is C17H19N5O2. The van der Waals surface area contributed by atoms with E-state index >= 15 is 0 Å². The summed E-state index contributed by atoms with van der Waals surface area (Å²) in [5, 5.41) is 27.1. The first kappa shape index (κ1) is 16.0. The summed E-state index contributed by atoms with van der Waals surface area (Å²) < 4.78 is 1.50. The first-order valence-electron chi connectivity index (χ1n) is 7.89. The number of nitrogens with one attached hydrogen (secondary N) is 1. The number of nitrogens with zero attached hydrogens (tertiary/aromatic N) is 3. The minimum absolute atomic E-state index is 0.230. The Morgan fingerprint density at radius 3 is 2.79 bits per heavy atom. The van der Waals surface area contributed by atoms with E-state index in [1.807, 2.05) is 30.3 Å². The lowest BCUT2D eigenvalue weighted by molar-refractivity contribution is 0.0494. The second kappa shape index (κ2) is 6.72. The van der Waals surface area contributed by atoms with Gasteiger partial charge in [-0.15, -0.1) is 0 Å². The Kier molecular flexibility index (Phi) is 4.49. The summed E-state index contributed by atoms with van der Waals surface area (Å²) >= 11 is 0. The fourth-order valence-corrected chi connectivity index (χ4v) is 3.13. The molecule has 7 heteroatoms. The second-order valence-corrected chi connectivity index (χ2v) is 5.95. The molecule has 4 N–H and O–H groups in total. The SMILES string of the molecule is N#CC1CCC[C@@H](O)[C@@H]1n1cc(C(N)=O)c(Nc2ccccc2)n1. The van der Waals surface area contributed by atoms with Crippen LogP contribution in [-0.2, 0) is 0 Å². The van der Waals surface area contributed by atoms with Crippen molar-refractivity contribution in [2.75, 3.05) is 5.32 Å². The maximum atomic E-state index is 11.7. The minimum Gasteiger partial charge on any atom is -0.391 e. The number of para-hydroxylation sites is 1. The van der Waals surface area contributed by atoms with E-state index in [1.165, 1.54) is 10.9 Å². The molecule has 1 saturated carbocycles. The molecule has 1 heterocycles. The van der Waals surface area contributed by atoms with Crippen LogP contribution in [-0.4, -0.2) is 26.9 Å². The van der Waals surface area contributed by atoms with E-state index in [-0.39, 0.29) is 11.5 Å². The van der Waals surface area contributed by atoms with Crippen LogP contribution in [0.2, 0.25) is 0 Å². The van der Waals surface area contributed by atoms with Gasteiger partial charge in [0.05, 0.1) is 24.1 Å². The number of hydrogen-bond acceptors (Lipinski definition) is 5. The van der Waals surface area contributed by atoms with Crippen LogP contribution >= 0.6 is 0 Å². The number of primary amides is 1. The number of nitrogens with two attached hydrogens (primary N) is 1. The average molecular weight is 325 g/mol. The molecule has 2 aromatic rings. The fraction of sp³-hybridized carbons (Fsp3) is 0.353. The quantitative estimate of drug-likeness (QED) is 0.794. The molecule has 1 unspecified atom stereocenters. The largest absolute Gasteiger partial charge is 0.391 e. The number of hydrogen-bond donors (Lipinski definition) is 3. The van der Waals surface area contributed by atoms with Crippen LogP contribution in [0.3, 0.4) is 0 Å². The molecule has 24 heavy (non-hydrogen) atoms. The van der Waals surface area contributed by atoms with E-state index in [0.717, 1.165) is 12.1 Å². The number of carbonyl (C=O) groups is 1. The van der Waals surface area contributed by atoms with Crippen LogP contribution in [0.5, 0.6) is 0 Å². The van der Waals surface area contributed by atoms with Gasteiger partial charge in [0.25, 0.3) is 5.91 Å². The Labute approximate surface area is 139 Å². The lowest BCUT2D eigenvalue weighted by atomic mass is 9.83. The topological polar surface area (TPSA) is 117 Å². The third-order valence-electron chi connectivity index (χ3n) is 4.33. The van der Waals surface area contributed by atoms with Crippen molar-refractivity contribution in [2.24, 2.45) is 11.7 Å². The standard InChI is InChI=1S/C17H19N5O2/c18-9-11-5-4-8-14(23)15(11)22-10-13(16(19)24)17(21-22)20-12-6-2-1-3-7-12/h1-3,6-7,10-11,14-15,23H,4-5,8H2,(H2,19,24)(H,20,21)/t11?,14-,15-/m1/s1. The molecule has 1 amide bonds. The maximum absolute atomic E-state index is 11.7. The summed E-state index contributed by atoms with van der Waals surface area (Å²) in [4.78, 5) is 11.7. The first-order chi connectivity index (χ1) is 11.6. The molecule has 1 aliphatic rings. The highest BCUT2D eigenvalue weighted by atomic mass is 16.3. The van der Waals surface area contributed by atoms with Crippen molar-refractivity contribution < 1.29 is 9.90 Å².